The van der Waals surface area contributed by atoms with Crippen LogP contribution in [0.3, 0.4) is 0 Å². The third kappa shape index (κ3) is 6.14. The van der Waals surface area contributed by atoms with Gasteiger partial charge in [-0.05, 0) is 25.6 Å². The first-order valence-electron chi connectivity index (χ1n) is 7.72. The SMILES string of the molecule is CC(C)CN(CCN(C)C)CC(O)(CN)c1ccccc1. The van der Waals surface area contributed by atoms with Crippen LogP contribution in [0.25, 0.3) is 0 Å². The number of likely N-dealkylation sites (N-methyl/N-ethyl adjacent to an activating group) is 1. The van der Waals surface area contributed by atoms with Crippen LogP contribution in [0.15, 0.2) is 30.3 Å². The Hall–Kier alpha value is -0.940. The molecule has 1 rings (SSSR count). The summed E-state index contributed by atoms with van der Waals surface area (Å²) in [6.07, 6.45) is 0. The van der Waals surface area contributed by atoms with E-state index in [0.717, 1.165) is 25.2 Å². The molecule has 0 aliphatic heterocycles. The van der Waals surface area contributed by atoms with E-state index in [9.17, 15) is 5.11 Å². The van der Waals surface area contributed by atoms with E-state index in [1.54, 1.807) is 0 Å². The van der Waals surface area contributed by atoms with Crippen molar-refractivity contribution >= 4 is 0 Å². The van der Waals surface area contributed by atoms with Crippen LogP contribution >= 0.6 is 0 Å². The van der Waals surface area contributed by atoms with Gasteiger partial charge in [0.25, 0.3) is 0 Å². The Morgan fingerprint density at radius 3 is 2.24 bits per heavy atom. The van der Waals surface area contributed by atoms with Gasteiger partial charge in [-0.3, -0.25) is 4.90 Å². The maximum Gasteiger partial charge on any atom is 0.114 e. The van der Waals surface area contributed by atoms with Crippen molar-refractivity contribution in [3.05, 3.63) is 35.9 Å². The molecule has 0 amide bonds. The van der Waals surface area contributed by atoms with Gasteiger partial charge in [0.15, 0.2) is 0 Å². The van der Waals surface area contributed by atoms with Crippen LogP contribution in [0.2, 0.25) is 0 Å². The Bertz CT molecular complexity index is 394. The molecule has 1 atom stereocenters. The van der Waals surface area contributed by atoms with Gasteiger partial charge in [-0.1, -0.05) is 44.2 Å². The van der Waals surface area contributed by atoms with Crippen LogP contribution in [0, 0.1) is 5.92 Å². The van der Waals surface area contributed by atoms with Crippen LogP contribution in [-0.4, -0.2) is 61.7 Å². The van der Waals surface area contributed by atoms with E-state index >= 15 is 0 Å². The highest BCUT2D eigenvalue weighted by Gasteiger charge is 2.30. The molecule has 0 radical (unpaired) electrons. The van der Waals surface area contributed by atoms with Crippen molar-refractivity contribution in [2.75, 3.05) is 46.8 Å². The number of hydrogen-bond acceptors (Lipinski definition) is 4. The van der Waals surface area contributed by atoms with Gasteiger partial charge in [0.1, 0.15) is 5.60 Å². The highest BCUT2D eigenvalue weighted by molar-refractivity contribution is 5.23. The average Bonchev–Trinajstić information content (AvgIpc) is 2.45. The van der Waals surface area contributed by atoms with E-state index in [2.05, 4.69) is 37.7 Å². The lowest BCUT2D eigenvalue weighted by molar-refractivity contribution is 0.00240. The first-order chi connectivity index (χ1) is 9.87. The molecular formula is C17H31N3O. The van der Waals surface area contributed by atoms with E-state index in [-0.39, 0.29) is 6.54 Å². The molecule has 1 aromatic rings. The summed E-state index contributed by atoms with van der Waals surface area (Å²) in [6.45, 7) is 8.07. The molecule has 0 aliphatic carbocycles. The molecule has 0 aromatic heterocycles. The third-order valence-corrected chi connectivity index (χ3v) is 3.62. The molecule has 1 aromatic carbocycles. The molecule has 4 nitrogen and oxygen atoms in total. The van der Waals surface area contributed by atoms with E-state index in [4.69, 9.17) is 5.73 Å². The molecule has 0 aliphatic rings. The lowest BCUT2D eigenvalue weighted by Crippen LogP contribution is -2.48. The molecule has 0 fully saturated rings. The third-order valence-electron chi connectivity index (χ3n) is 3.62. The van der Waals surface area contributed by atoms with Crippen molar-refractivity contribution in [2.24, 2.45) is 11.7 Å². The number of nitrogens with zero attached hydrogens (tertiary/aromatic N) is 2. The summed E-state index contributed by atoms with van der Waals surface area (Å²) < 4.78 is 0. The van der Waals surface area contributed by atoms with Crippen LogP contribution in [0.4, 0.5) is 0 Å². The Kier molecular flexibility index (Phi) is 7.32. The minimum absolute atomic E-state index is 0.230. The van der Waals surface area contributed by atoms with Gasteiger partial charge >= 0.3 is 0 Å². The van der Waals surface area contributed by atoms with Crippen molar-refractivity contribution in [2.45, 2.75) is 19.4 Å². The Morgan fingerprint density at radius 2 is 1.76 bits per heavy atom. The monoisotopic (exact) mass is 293 g/mol. The van der Waals surface area contributed by atoms with Crippen molar-refractivity contribution in [3.8, 4) is 0 Å². The molecule has 0 saturated carbocycles. The van der Waals surface area contributed by atoms with E-state index in [1.165, 1.54) is 0 Å². The van der Waals surface area contributed by atoms with Gasteiger partial charge in [-0.15, -0.1) is 0 Å². The summed E-state index contributed by atoms with van der Waals surface area (Å²) in [4.78, 5) is 4.47. The predicted octanol–water partition coefficient (Wildman–Crippen LogP) is 1.35. The second-order valence-electron chi connectivity index (χ2n) is 6.53. The van der Waals surface area contributed by atoms with Gasteiger partial charge in [-0.25, -0.2) is 0 Å². The molecule has 1 unspecified atom stereocenters. The first-order valence-corrected chi connectivity index (χ1v) is 7.72. The van der Waals surface area contributed by atoms with E-state index < -0.39 is 5.60 Å². The van der Waals surface area contributed by atoms with Crippen molar-refractivity contribution in [1.29, 1.82) is 0 Å². The minimum atomic E-state index is -0.984. The quantitative estimate of drug-likeness (QED) is 0.722. The lowest BCUT2D eigenvalue weighted by atomic mass is 9.93. The van der Waals surface area contributed by atoms with Gasteiger partial charge in [0.05, 0.1) is 0 Å². The Labute approximate surface area is 129 Å². The number of benzene rings is 1. The topological polar surface area (TPSA) is 52.7 Å². The van der Waals surface area contributed by atoms with Crippen molar-refractivity contribution < 1.29 is 5.11 Å². The van der Waals surface area contributed by atoms with Crippen LogP contribution in [-0.2, 0) is 5.60 Å². The summed E-state index contributed by atoms with van der Waals surface area (Å²) in [5, 5.41) is 11.0. The Morgan fingerprint density at radius 1 is 1.14 bits per heavy atom. The lowest BCUT2D eigenvalue weighted by Gasteiger charge is -2.35. The van der Waals surface area contributed by atoms with E-state index in [0.29, 0.717) is 12.5 Å². The summed E-state index contributed by atoms with van der Waals surface area (Å²) >= 11 is 0. The molecule has 4 heteroatoms. The standard InChI is InChI=1S/C17H31N3O/c1-15(2)12-20(11-10-19(3)4)14-17(21,13-18)16-8-6-5-7-9-16/h5-9,15,21H,10-14,18H2,1-4H3. The fraction of sp³-hybridized carbons (Fsp3) is 0.647. The summed E-state index contributed by atoms with van der Waals surface area (Å²) in [7, 11) is 4.14. The molecule has 0 heterocycles. The van der Waals surface area contributed by atoms with Crippen molar-refractivity contribution in [1.82, 2.24) is 9.80 Å². The maximum atomic E-state index is 11.0. The van der Waals surface area contributed by atoms with Gasteiger partial charge in [-0.2, -0.15) is 0 Å². The van der Waals surface area contributed by atoms with Crippen LogP contribution < -0.4 is 5.73 Å². The van der Waals surface area contributed by atoms with Crippen LogP contribution in [0.5, 0.6) is 0 Å². The summed E-state index contributed by atoms with van der Waals surface area (Å²) in [6, 6.07) is 9.75. The van der Waals surface area contributed by atoms with Gasteiger partial charge < -0.3 is 15.7 Å². The molecule has 120 valence electrons. The molecule has 21 heavy (non-hydrogen) atoms. The Balaban J connectivity index is 2.82. The van der Waals surface area contributed by atoms with Crippen molar-refractivity contribution in [3.63, 3.8) is 0 Å². The average molecular weight is 293 g/mol. The molecular weight excluding hydrogens is 262 g/mol. The normalized spacial score (nSPS) is 14.9. The summed E-state index contributed by atoms with van der Waals surface area (Å²) in [5.41, 5.74) is 5.80. The zero-order valence-corrected chi connectivity index (χ0v) is 13.9. The largest absolute Gasteiger partial charge is 0.382 e. The second-order valence-corrected chi connectivity index (χ2v) is 6.53. The number of aliphatic hydroxyl groups is 1. The first kappa shape index (κ1) is 18.1. The molecule has 0 spiro atoms. The summed E-state index contributed by atoms with van der Waals surface area (Å²) in [5.74, 6) is 0.560. The van der Waals surface area contributed by atoms with Gasteiger partial charge in [0.2, 0.25) is 0 Å². The van der Waals surface area contributed by atoms with Gasteiger partial charge in [0, 0.05) is 32.7 Å². The predicted molar refractivity (Wildman–Crippen MR) is 89.2 cm³/mol. The number of nitrogens with two attached hydrogens (primary N) is 1. The van der Waals surface area contributed by atoms with Crippen LogP contribution in [0.1, 0.15) is 19.4 Å². The van der Waals surface area contributed by atoms with E-state index in [1.807, 2.05) is 30.3 Å². The highest BCUT2D eigenvalue weighted by Crippen LogP contribution is 2.21. The molecule has 0 bridgehead atoms. The molecule has 0 saturated heterocycles. The number of rotatable bonds is 9. The zero-order valence-electron chi connectivity index (χ0n) is 13.9. The second kappa shape index (κ2) is 8.49. The maximum absolute atomic E-state index is 11.0. The zero-order chi connectivity index (χ0) is 15.9. The minimum Gasteiger partial charge on any atom is -0.382 e. The smallest absolute Gasteiger partial charge is 0.114 e. The number of hydrogen-bond donors (Lipinski definition) is 2. The molecule has 3 N–H and O–H groups in total. The highest BCUT2D eigenvalue weighted by atomic mass is 16.3. The fourth-order valence-corrected chi connectivity index (χ4v) is 2.48. The fourth-order valence-electron chi connectivity index (χ4n) is 2.48.